The van der Waals surface area contributed by atoms with Gasteiger partial charge < -0.3 is 14.6 Å². The zero-order valence-electron chi connectivity index (χ0n) is 18.1. The van der Waals surface area contributed by atoms with Gasteiger partial charge in [0.15, 0.2) is 0 Å². The fourth-order valence-corrected chi connectivity index (χ4v) is 3.93. The van der Waals surface area contributed by atoms with Crippen LogP contribution in [-0.2, 0) is 22.6 Å². The molecule has 6 heteroatoms. The number of aryl methyl sites for hydroxylation is 1. The van der Waals surface area contributed by atoms with Crippen molar-refractivity contribution in [2.45, 2.75) is 45.6 Å². The van der Waals surface area contributed by atoms with Gasteiger partial charge in [-0.3, -0.25) is 9.59 Å². The molecule has 31 heavy (non-hydrogen) atoms. The number of carbonyl (C=O) groups is 2. The SMILES string of the molecule is CCC(C)c1c(CN(C)C(=O)/C=C/c2cnc3c(c2)CCC(=O)N3)oc2ccccc12. The van der Waals surface area contributed by atoms with Crippen LogP contribution in [0.1, 0.15) is 55.1 Å². The number of likely N-dealkylation sites (N-methyl/N-ethyl adjacent to an activating group) is 1. The van der Waals surface area contributed by atoms with Crippen molar-refractivity contribution in [3.8, 4) is 0 Å². The maximum absolute atomic E-state index is 12.7. The van der Waals surface area contributed by atoms with E-state index < -0.39 is 0 Å². The Morgan fingerprint density at radius 1 is 1.32 bits per heavy atom. The molecule has 0 bridgehead atoms. The van der Waals surface area contributed by atoms with Gasteiger partial charge in [-0.2, -0.15) is 0 Å². The highest BCUT2D eigenvalue weighted by molar-refractivity contribution is 5.94. The molecule has 1 unspecified atom stereocenters. The number of furan rings is 1. The van der Waals surface area contributed by atoms with Crippen LogP contribution in [0.2, 0.25) is 0 Å². The van der Waals surface area contributed by atoms with Crippen LogP contribution in [-0.4, -0.2) is 28.7 Å². The first-order valence-electron chi connectivity index (χ1n) is 10.7. The highest BCUT2D eigenvalue weighted by atomic mass is 16.3. The molecule has 1 aromatic carbocycles. The van der Waals surface area contributed by atoms with Crippen LogP contribution in [0, 0.1) is 0 Å². The van der Waals surface area contributed by atoms with Gasteiger partial charge in [0.25, 0.3) is 0 Å². The van der Waals surface area contributed by atoms with Gasteiger partial charge in [-0.25, -0.2) is 4.98 Å². The highest BCUT2D eigenvalue weighted by Crippen LogP contribution is 2.34. The van der Waals surface area contributed by atoms with E-state index in [-0.39, 0.29) is 11.8 Å². The van der Waals surface area contributed by atoms with Crippen LogP contribution in [0.3, 0.4) is 0 Å². The molecule has 3 heterocycles. The minimum atomic E-state index is -0.110. The van der Waals surface area contributed by atoms with Crippen LogP contribution < -0.4 is 5.32 Å². The van der Waals surface area contributed by atoms with E-state index in [0.29, 0.717) is 31.1 Å². The number of aromatic nitrogens is 1. The number of fused-ring (bicyclic) bond motifs is 2. The van der Waals surface area contributed by atoms with Crippen molar-refractivity contribution in [3.05, 3.63) is 65.1 Å². The van der Waals surface area contributed by atoms with E-state index >= 15 is 0 Å². The van der Waals surface area contributed by atoms with E-state index in [0.717, 1.165) is 34.3 Å². The predicted molar refractivity (Wildman–Crippen MR) is 122 cm³/mol. The van der Waals surface area contributed by atoms with Crippen LogP contribution in [0.5, 0.6) is 0 Å². The van der Waals surface area contributed by atoms with E-state index in [1.807, 2.05) is 24.3 Å². The molecule has 1 aliphatic rings. The number of anilines is 1. The van der Waals surface area contributed by atoms with E-state index in [4.69, 9.17) is 4.42 Å². The molecule has 0 fully saturated rings. The zero-order valence-corrected chi connectivity index (χ0v) is 18.1. The summed E-state index contributed by atoms with van der Waals surface area (Å²) in [5.41, 5.74) is 3.86. The first kappa shape index (κ1) is 20.8. The summed E-state index contributed by atoms with van der Waals surface area (Å²) in [4.78, 5) is 30.2. The van der Waals surface area contributed by atoms with Crippen molar-refractivity contribution < 1.29 is 14.0 Å². The summed E-state index contributed by atoms with van der Waals surface area (Å²) >= 11 is 0. The molecular weight excluding hydrogens is 390 g/mol. The van der Waals surface area contributed by atoms with Crippen LogP contribution in [0.4, 0.5) is 5.82 Å². The second-order valence-electron chi connectivity index (χ2n) is 8.10. The summed E-state index contributed by atoms with van der Waals surface area (Å²) in [7, 11) is 1.78. The third kappa shape index (κ3) is 4.38. The molecule has 6 nitrogen and oxygen atoms in total. The van der Waals surface area contributed by atoms with Crippen molar-refractivity contribution in [1.29, 1.82) is 0 Å². The Hall–Kier alpha value is -3.41. The van der Waals surface area contributed by atoms with Gasteiger partial charge in [-0.05, 0) is 48.1 Å². The molecule has 2 aromatic heterocycles. The second-order valence-corrected chi connectivity index (χ2v) is 8.10. The summed E-state index contributed by atoms with van der Waals surface area (Å²) in [6.07, 6.45) is 7.09. The van der Waals surface area contributed by atoms with Crippen LogP contribution >= 0.6 is 0 Å². The third-order valence-corrected chi connectivity index (χ3v) is 5.86. The van der Waals surface area contributed by atoms with Gasteiger partial charge >= 0.3 is 0 Å². The third-order valence-electron chi connectivity index (χ3n) is 5.86. The van der Waals surface area contributed by atoms with Crippen molar-refractivity contribution in [1.82, 2.24) is 9.88 Å². The minimum absolute atomic E-state index is 0.0116. The lowest BCUT2D eigenvalue weighted by molar-refractivity contribution is -0.125. The largest absolute Gasteiger partial charge is 0.459 e. The molecule has 0 aliphatic carbocycles. The zero-order chi connectivity index (χ0) is 22.0. The number of nitrogens with zero attached hydrogens (tertiary/aromatic N) is 2. The van der Waals surface area contributed by atoms with Crippen LogP contribution in [0.25, 0.3) is 17.0 Å². The number of rotatable bonds is 6. The number of nitrogens with one attached hydrogen (secondary N) is 1. The first-order chi connectivity index (χ1) is 15.0. The topological polar surface area (TPSA) is 75.4 Å². The Morgan fingerprint density at radius 3 is 2.94 bits per heavy atom. The van der Waals surface area contributed by atoms with Gasteiger partial charge in [0.2, 0.25) is 11.8 Å². The molecule has 0 saturated heterocycles. The molecule has 1 N–H and O–H groups in total. The predicted octanol–water partition coefficient (Wildman–Crippen LogP) is 4.90. The Balaban J connectivity index is 1.50. The van der Waals surface area contributed by atoms with Crippen molar-refractivity contribution >= 4 is 34.7 Å². The molecule has 0 spiro atoms. The average Bonchev–Trinajstić information content (AvgIpc) is 3.14. The number of pyridine rings is 1. The monoisotopic (exact) mass is 417 g/mol. The van der Waals surface area contributed by atoms with Gasteiger partial charge in [-0.1, -0.05) is 32.0 Å². The van der Waals surface area contributed by atoms with Crippen molar-refractivity contribution in [3.63, 3.8) is 0 Å². The maximum atomic E-state index is 12.7. The van der Waals surface area contributed by atoms with Crippen LogP contribution in [0.15, 0.2) is 47.0 Å². The van der Waals surface area contributed by atoms with Gasteiger partial charge in [0, 0.05) is 36.7 Å². The average molecular weight is 418 g/mol. The normalized spacial score (nSPS) is 14.5. The number of benzene rings is 1. The number of amides is 2. The Kier molecular flexibility index (Phi) is 5.89. The van der Waals surface area contributed by atoms with E-state index in [1.165, 1.54) is 5.56 Å². The summed E-state index contributed by atoms with van der Waals surface area (Å²) < 4.78 is 6.11. The number of hydrogen-bond donors (Lipinski definition) is 1. The number of hydrogen-bond acceptors (Lipinski definition) is 4. The van der Waals surface area contributed by atoms with Gasteiger partial charge in [0.05, 0.1) is 6.54 Å². The Bertz CT molecular complexity index is 1160. The molecular formula is C25H27N3O3. The first-order valence-corrected chi connectivity index (χ1v) is 10.7. The lowest BCUT2D eigenvalue weighted by Gasteiger charge is -2.17. The fraction of sp³-hybridized carbons (Fsp3) is 0.320. The highest BCUT2D eigenvalue weighted by Gasteiger charge is 2.21. The Labute approximate surface area is 182 Å². The molecule has 160 valence electrons. The molecule has 1 atom stereocenters. The van der Waals surface area contributed by atoms with E-state index in [9.17, 15) is 9.59 Å². The summed E-state index contributed by atoms with van der Waals surface area (Å²) in [6.45, 7) is 4.76. The number of para-hydroxylation sites is 1. The Morgan fingerprint density at radius 2 is 2.13 bits per heavy atom. The molecule has 4 rings (SSSR count). The second kappa shape index (κ2) is 8.76. The summed E-state index contributed by atoms with van der Waals surface area (Å²) in [6, 6.07) is 10.00. The lowest BCUT2D eigenvalue weighted by atomic mass is 9.95. The lowest BCUT2D eigenvalue weighted by Crippen LogP contribution is -2.24. The quantitative estimate of drug-likeness (QED) is 0.579. The molecule has 1 aliphatic heterocycles. The minimum Gasteiger partial charge on any atom is -0.459 e. The van der Waals surface area contributed by atoms with Gasteiger partial charge in [0.1, 0.15) is 17.2 Å². The van der Waals surface area contributed by atoms with E-state index in [2.05, 4.69) is 30.2 Å². The molecule has 2 amide bonds. The summed E-state index contributed by atoms with van der Waals surface area (Å²) in [5.74, 6) is 1.68. The molecule has 0 radical (unpaired) electrons. The van der Waals surface area contributed by atoms with Crippen molar-refractivity contribution in [2.75, 3.05) is 12.4 Å². The van der Waals surface area contributed by atoms with Crippen molar-refractivity contribution in [2.24, 2.45) is 0 Å². The molecule has 3 aromatic rings. The smallest absolute Gasteiger partial charge is 0.246 e. The fourth-order valence-electron chi connectivity index (χ4n) is 3.93. The number of carbonyl (C=O) groups excluding carboxylic acids is 2. The standard InChI is InChI=1S/C25H27N3O3/c1-4-16(2)24-19-7-5-6-8-20(19)31-21(24)15-28(3)23(30)12-9-17-13-18-10-11-22(29)27-25(18)26-14-17/h5-9,12-14,16H,4,10-11,15H2,1-3H3,(H,26,27,29)/b12-9+. The summed E-state index contributed by atoms with van der Waals surface area (Å²) in [5, 5.41) is 3.89. The molecule has 0 saturated carbocycles. The van der Waals surface area contributed by atoms with E-state index in [1.54, 1.807) is 30.3 Å². The van der Waals surface area contributed by atoms with Gasteiger partial charge in [-0.15, -0.1) is 0 Å². The maximum Gasteiger partial charge on any atom is 0.246 e.